The van der Waals surface area contributed by atoms with Crippen LogP contribution in [0, 0.1) is 6.92 Å². The van der Waals surface area contributed by atoms with Crippen LogP contribution >= 0.6 is 0 Å². The van der Waals surface area contributed by atoms with E-state index < -0.39 is 11.4 Å². The van der Waals surface area contributed by atoms with E-state index in [-0.39, 0.29) is 0 Å². The van der Waals surface area contributed by atoms with Gasteiger partial charge in [0.1, 0.15) is 5.41 Å². The van der Waals surface area contributed by atoms with Crippen molar-refractivity contribution < 1.29 is 9.90 Å². The molecular formula is C10H14N2O2. The summed E-state index contributed by atoms with van der Waals surface area (Å²) in [6.07, 6.45) is 4.31. The van der Waals surface area contributed by atoms with Gasteiger partial charge in [-0.05, 0) is 25.3 Å². The SMILES string of the molecule is Cc1cn(C)nc1C1(C(=O)O)CCC1. The maximum atomic E-state index is 11.2. The number of carboxylic acids is 1. The Morgan fingerprint density at radius 1 is 1.64 bits per heavy atom. The van der Waals surface area contributed by atoms with Gasteiger partial charge in [0.25, 0.3) is 0 Å². The maximum absolute atomic E-state index is 11.2. The highest BCUT2D eigenvalue weighted by Crippen LogP contribution is 2.44. The molecule has 0 aromatic carbocycles. The van der Waals surface area contributed by atoms with Crippen molar-refractivity contribution >= 4 is 5.97 Å². The Bertz CT molecular complexity index is 377. The van der Waals surface area contributed by atoms with Gasteiger partial charge in [0, 0.05) is 13.2 Å². The van der Waals surface area contributed by atoms with E-state index in [0.717, 1.165) is 30.5 Å². The first-order valence-electron chi connectivity index (χ1n) is 4.80. The number of aryl methyl sites for hydroxylation is 2. The summed E-state index contributed by atoms with van der Waals surface area (Å²) in [5, 5.41) is 13.5. The normalized spacial score (nSPS) is 19.0. The molecule has 1 aromatic rings. The zero-order valence-electron chi connectivity index (χ0n) is 8.45. The van der Waals surface area contributed by atoms with Crippen LogP contribution in [0.4, 0.5) is 0 Å². The Kier molecular flexibility index (Phi) is 1.87. The standard InChI is InChI=1S/C10H14N2O2/c1-7-6-12(2)11-8(7)10(9(13)14)4-3-5-10/h6H,3-5H2,1-2H3,(H,13,14). The molecule has 0 amide bonds. The third kappa shape index (κ3) is 1.06. The van der Waals surface area contributed by atoms with E-state index in [1.54, 1.807) is 4.68 Å². The van der Waals surface area contributed by atoms with Crippen molar-refractivity contribution in [3.8, 4) is 0 Å². The summed E-state index contributed by atoms with van der Waals surface area (Å²) in [4.78, 5) is 11.2. The van der Waals surface area contributed by atoms with Gasteiger partial charge in [-0.25, -0.2) is 0 Å². The van der Waals surface area contributed by atoms with Crippen LogP contribution in [0.2, 0.25) is 0 Å². The zero-order valence-corrected chi connectivity index (χ0v) is 8.45. The largest absolute Gasteiger partial charge is 0.481 e. The second-order valence-electron chi connectivity index (χ2n) is 4.08. The number of hydrogen-bond acceptors (Lipinski definition) is 2. The van der Waals surface area contributed by atoms with Gasteiger partial charge >= 0.3 is 5.97 Å². The van der Waals surface area contributed by atoms with Crippen LogP contribution in [0.5, 0.6) is 0 Å². The summed E-state index contributed by atoms with van der Waals surface area (Å²) in [6.45, 7) is 1.92. The average Bonchev–Trinajstić information content (AvgIpc) is 2.27. The molecule has 1 saturated carbocycles. The van der Waals surface area contributed by atoms with Crippen molar-refractivity contribution in [2.24, 2.45) is 7.05 Å². The van der Waals surface area contributed by atoms with Gasteiger partial charge in [0.15, 0.2) is 0 Å². The lowest BCUT2D eigenvalue weighted by Gasteiger charge is -2.36. The summed E-state index contributed by atoms with van der Waals surface area (Å²) in [7, 11) is 1.82. The van der Waals surface area contributed by atoms with Gasteiger partial charge in [-0.15, -0.1) is 0 Å². The number of rotatable bonds is 2. The monoisotopic (exact) mass is 194 g/mol. The highest BCUT2D eigenvalue weighted by atomic mass is 16.4. The van der Waals surface area contributed by atoms with Crippen LogP contribution in [0.15, 0.2) is 6.20 Å². The van der Waals surface area contributed by atoms with Gasteiger partial charge in [-0.1, -0.05) is 6.42 Å². The summed E-state index contributed by atoms with van der Waals surface area (Å²) in [6, 6.07) is 0. The van der Waals surface area contributed by atoms with E-state index in [9.17, 15) is 9.90 Å². The van der Waals surface area contributed by atoms with E-state index in [1.165, 1.54) is 0 Å². The molecule has 0 bridgehead atoms. The fraction of sp³-hybridized carbons (Fsp3) is 0.600. The Morgan fingerprint density at radius 3 is 2.57 bits per heavy atom. The second kappa shape index (κ2) is 2.83. The van der Waals surface area contributed by atoms with Crippen molar-refractivity contribution in [2.45, 2.75) is 31.6 Å². The second-order valence-corrected chi connectivity index (χ2v) is 4.08. The average molecular weight is 194 g/mol. The molecule has 1 heterocycles. The maximum Gasteiger partial charge on any atom is 0.315 e. The fourth-order valence-corrected chi connectivity index (χ4v) is 2.16. The molecule has 1 aromatic heterocycles. The minimum absolute atomic E-state index is 0.689. The minimum Gasteiger partial charge on any atom is -0.481 e. The molecule has 1 fully saturated rings. The molecule has 1 aliphatic rings. The molecule has 0 radical (unpaired) electrons. The predicted octanol–water partition coefficient (Wildman–Crippen LogP) is 1.23. The van der Waals surface area contributed by atoms with Gasteiger partial charge in [0.05, 0.1) is 5.69 Å². The lowest BCUT2D eigenvalue weighted by molar-refractivity contribution is -0.147. The van der Waals surface area contributed by atoms with Crippen molar-refractivity contribution in [1.82, 2.24) is 9.78 Å². The fourth-order valence-electron chi connectivity index (χ4n) is 2.16. The first-order valence-corrected chi connectivity index (χ1v) is 4.80. The molecule has 0 spiro atoms. The molecule has 0 saturated heterocycles. The summed E-state index contributed by atoms with van der Waals surface area (Å²) < 4.78 is 1.69. The summed E-state index contributed by atoms with van der Waals surface area (Å²) >= 11 is 0. The van der Waals surface area contributed by atoms with E-state index in [1.807, 2.05) is 20.2 Å². The van der Waals surface area contributed by atoms with Crippen LogP contribution in [0.25, 0.3) is 0 Å². The number of aromatic nitrogens is 2. The predicted molar refractivity (Wildman–Crippen MR) is 51.1 cm³/mol. The highest BCUT2D eigenvalue weighted by molar-refractivity contribution is 5.82. The Labute approximate surface area is 82.5 Å². The zero-order chi connectivity index (χ0) is 10.3. The molecule has 76 valence electrons. The summed E-state index contributed by atoms with van der Waals surface area (Å²) in [5.74, 6) is -0.731. The van der Waals surface area contributed by atoms with Crippen molar-refractivity contribution in [3.63, 3.8) is 0 Å². The van der Waals surface area contributed by atoms with E-state index in [2.05, 4.69) is 5.10 Å². The molecule has 14 heavy (non-hydrogen) atoms. The lowest BCUT2D eigenvalue weighted by Crippen LogP contribution is -2.43. The number of nitrogens with zero attached hydrogens (tertiary/aromatic N) is 2. The Balaban J connectivity index is 2.46. The van der Waals surface area contributed by atoms with Crippen molar-refractivity contribution in [3.05, 3.63) is 17.5 Å². The molecule has 1 aliphatic carbocycles. The van der Waals surface area contributed by atoms with Crippen LogP contribution in [0.3, 0.4) is 0 Å². The first kappa shape index (κ1) is 9.24. The van der Waals surface area contributed by atoms with Crippen LogP contribution in [-0.2, 0) is 17.3 Å². The number of hydrogen-bond donors (Lipinski definition) is 1. The van der Waals surface area contributed by atoms with E-state index in [4.69, 9.17) is 0 Å². The molecule has 0 atom stereocenters. The summed E-state index contributed by atoms with van der Waals surface area (Å²) in [5.41, 5.74) is 1.04. The van der Waals surface area contributed by atoms with E-state index >= 15 is 0 Å². The molecule has 0 unspecified atom stereocenters. The first-order chi connectivity index (χ1) is 6.56. The van der Waals surface area contributed by atoms with Crippen molar-refractivity contribution in [1.29, 1.82) is 0 Å². The van der Waals surface area contributed by atoms with E-state index in [0.29, 0.717) is 0 Å². The Hall–Kier alpha value is -1.32. The molecular weight excluding hydrogens is 180 g/mol. The quantitative estimate of drug-likeness (QED) is 0.770. The number of carbonyl (C=O) groups is 1. The van der Waals surface area contributed by atoms with Gasteiger partial charge in [-0.2, -0.15) is 5.10 Å². The molecule has 2 rings (SSSR count). The number of aliphatic carboxylic acids is 1. The molecule has 0 aliphatic heterocycles. The van der Waals surface area contributed by atoms with Gasteiger partial charge in [0.2, 0.25) is 0 Å². The van der Waals surface area contributed by atoms with Crippen LogP contribution < -0.4 is 0 Å². The third-order valence-corrected chi connectivity index (χ3v) is 3.08. The molecule has 1 N–H and O–H groups in total. The third-order valence-electron chi connectivity index (χ3n) is 3.08. The van der Waals surface area contributed by atoms with Crippen molar-refractivity contribution in [2.75, 3.05) is 0 Å². The molecule has 4 nitrogen and oxygen atoms in total. The highest BCUT2D eigenvalue weighted by Gasteiger charge is 2.48. The van der Waals surface area contributed by atoms with Crippen LogP contribution in [-0.4, -0.2) is 20.9 Å². The topological polar surface area (TPSA) is 55.1 Å². The van der Waals surface area contributed by atoms with Crippen LogP contribution in [0.1, 0.15) is 30.5 Å². The molecule has 4 heteroatoms. The van der Waals surface area contributed by atoms with Gasteiger partial charge < -0.3 is 5.11 Å². The lowest BCUT2D eigenvalue weighted by atomic mass is 9.66. The van der Waals surface area contributed by atoms with Gasteiger partial charge in [-0.3, -0.25) is 9.48 Å². The Morgan fingerprint density at radius 2 is 2.29 bits per heavy atom. The minimum atomic E-state index is -0.731. The number of carboxylic acid groups (broad SMARTS) is 1. The smallest absolute Gasteiger partial charge is 0.315 e.